The molecule has 0 aromatic heterocycles. The van der Waals surface area contributed by atoms with Crippen LogP contribution in [0.1, 0.15) is 31.0 Å². The van der Waals surface area contributed by atoms with E-state index in [1.165, 1.54) is 26.1 Å². The molecule has 0 heterocycles. The summed E-state index contributed by atoms with van der Waals surface area (Å²) in [6.45, 7) is 3.15. The van der Waals surface area contributed by atoms with E-state index in [1.54, 1.807) is 38.3 Å². The van der Waals surface area contributed by atoms with Crippen LogP contribution in [-0.2, 0) is 16.2 Å². The molecule has 2 N–H and O–H groups in total. The maximum Gasteiger partial charge on any atom is 0.326 e. The number of hydrogen-bond donors (Lipinski definition) is 2. The van der Waals surface area contributed by atoms with Gasteiger partial charge in [-0.1, -0.05) is 11.6 Å². The Bertz CT molecular complexity index is 923. The molecule has 2 aromatic carbocycles. The molecule has 0 saturated heterocycles. The molecule has 2 aromatic rings. The molecule has 0 aliphatic heterocycles. The Hall–Kier alpha value is -2.84. The molecule has 0 fully saturated rings. The van der Waals surface area contributed by atoms with Gasteiger partial charge in [0.25, 0.3) is 0 Å². The van der Waals surface area contributed by atoms with E-state index in [1.807, 2.05) is 0 Å². The molecule has 0 aliphatic carbocycles. The van der Waals surface area contributed by atoms with E-state index in [4.69, 9.17) is 26.2 Å². The Morgan fingerprint density at radius 2 is 1.81 bits per heavy atom. The smallest absolute Gasteiger partial charge is 0.326 e. The van der Waals surface area contributed by atoms with E-state index < -0.39 is 29.8 Å². The SMILES string of the molecule is COc1ccc(OCc2c(Cl)cc(F)cc2C(C)NCC(=O)N(C)C(C)C(=O)O)cc1. The van der Waals surface area contributed by atoms with Crippen LogP contribution in [0.2, 0.25) is 5.02 Å². The maximum atomic E-state index is 14.0. The van der Waals surface area contributed by atoms with Gasteiger partial charge in [0.15, 0.2) is 0 Å². The zero-order chi connectivity index (χ0) is 23.1. The average molecular weight is 453 g/mol. The van der Waals surface area contributed by atoms with Crippen molar-refractivity contribution >= 4 is 23.5 Å². The number of nitrogens with zero attached hydrogens (tertiary/aromatic N) is 1. The molecule has 2 rings (SSSR count). The summed E-state index contributed by atoms with van der Waals surface area (Å²) in [6, 6.07) is 8.15. The van der Waals surface area contributed by atoms with Gasteiger partial charge in [0.2, 0.25) is 5.91 Å². The van der Waals surface area contributed by atoms with Gasteiger partial charge in [0.1, 0.15) is 30.0 Å². The quantitative estimate of drug-likeness (QED) is 0.572. The standard InChI is InChI=1S/C22H26ClFN2O5/c1-13(25-11-21(27)26(3)14(2)22(28)29)18-9-15(24)10-20(23)19(18)12-31-17-7-5-16(30-4)6-8-17/h5-10,13-14,25H,11-12H2,1-4H3,(H,28,29). The minimum Gasteiger partial charge on any atom is -0.497 e. The van der Waals surface area contributed by atoms with Crippen LogP contribution < -0.4 is 14.8 Å². The molecule has 9 heteroatoms. The number of carboxylic acid groups (broad SMARTS) is 1. The molecule has 7 nitrogen and oxygen atoms in total. The summed E-state index contributed by atoms with van der Waals surface area (Å²) in [6.07, 6.45) is 0. The number of likely N-dealkylation sites (N-methyl/N-ethyl adjacent to an activating group) is 1. The summed E-state index contributed by atoms with van der Waals surface area (Å²) >= 11 is 6.27. The molecule has 168 valence electrons. The molecule has 0 radical (unpaired) electrons. The number of methoxy groups -OCH3 is 1. The van der Waals surface area contributed by atoms with E-state index in [0.29, 0.717) is 22.6 Å². The van der Waals surface area contributed by atoms with Crippen molar-refractivity contribution in [3.8, 4) is 11.5 Å². The number of amides is 1. The summed E-state index contributed by atoms with van der Waals surface area (Å²) in [4.78, 5) is 24.5. The van der Waals surface area contributed by atoms with Gasteiger partial charge in [-0.2, -0.15) is 0 Å². The molecule has 2 atom stereocenters. The number of rotatable bonds is 10. The van der Waals surface area contributed by atoms with Crippen LogP contribution in [0.3, 0.4) is 0 Å². The summed E-state index contributed by atoms with van der Waals surface area (Å²) in [5.74, 6) is -0.728. The molecule has 31 heavy (non-hydrogen) atoms. The number of carbonyl (C=O) groups is 2. The summed E-state index contributed by atoms with van der Waals surface area (Å²) in [5, 5.41) is 12.3. The minimum absolute atomic E-state index is 0.0939. The fourth-order valence-electron chi connectivity index (χ4n) is 2.85. The van der Waals surface area contributed by atoms with Gasteiger partial charge in [-0.15, -0.1) is 0 Å². The summed E-state index contributed by atoms with van der Waals surface area (Å²) in [5.41, 5.74) is 1.12. The van der Waals surface area contributed by atoms with Crippen molar-refractivity contribution in [1.82, 2.24) is 10.2 Å². The number of aliphatic carboxylic acids is 1. The molecular formula is C22H26ClFN2O5. The second-order valence-electron chi connectivity index (χ2n) is 7.04. The van der Waals surface area contributed by atoms with Crippen molar-refractivity contribution in [2.75, 3.05) is 20.7 Å². The highest BCUT2D eigenvalue weighted by molar-refractivity contribution is 6.31. The van der Waals surface area contributed by atoms with Crippen LogP contribution in [0.5, 0.6) is 11.5 Å². The zero-order valence-corrected chi connectivity index (χ0v) is 18.6. The fourth-order valence-corrected chi connectivity index (χ4v) is 3.11. The van der Waals surface area contributed by atoms with E-state index in [0.717, 1.165) is 4.90 Å². The number of halogens is 2. The Labute approximate surface area is 185 Å². The summed E-state index contributed by atoms with van der Waals surface area (Å²) in [7, 11) is 2.99. The van der Waals surface area contributed by atoms with Crippen molar-refractivity contribution < 1.29 is 28.6 Å². The molecule has 0 aliphatic rings. The summed E-state index contributed by atoms with van der Waals surface area (Å²) < 4.78 is 24.9. The highest BCUT2D eigenvalue weighted by Crippen LogP contribution is 2.28. The average Bonchev–Trinajstić information content (AvgIpc) is 2.75. The van der Waals surface area contributed by atoms with Gasteiger partial charge < -0.3 is 24.8 Å². The third-order valence-electron chi connectivity index (χ3n) is 5.00. The number of carbonyl (C=O) groups excluding carboxylic acids is 1. The lowest BCUT2D eigenvalue weighted by atomic mass is 10.0. The first-order valence-electron chi connectivity index (χ1n) is 9.60. The molecule has 0 bridgehead atoms. The maximum absolute atomic E-state index is 14.0. The lowest BCUT2D eigenvalue weighted by Gasteiger charge is -2.24. The molecule has 2 unspecified atom stereocenters. The monoisotopic (exact) mass is 452 g/mol. The molecule has 0 spiro atoms. The highest BCUT2D eigenvalue weighted by Gasteiger charge is 2.23. The van der Waals surface area contributed by atoms with Crippen molar-refractivity contribution in [3.05, 3.63) is 58.4 Å². The van der Waals surface area contributed by atoms with Gasteiger partial charge in [-0.3, -0.25) is 4.79 Å². The third-order valence-corrected chi connectivity index (χ3v) is 5.33. The lowest BCUT2D eigenvalue weighted by Crippen LogP contribution is -2.44. The third kappa shape index (κ3) is 6.57. The molecule has 0 saturated carbocycles. The van der Waals surface area contributed by atoms with Gasteiger partial charge in [0, 0.05) is 18.7 Å². The van der Waals surface area contributed by atoms with Crippen LogP contribution >= 0.6 is 11.6 Å². The minimum atomic E-state index is -1.10. The van der Waals surface area contributed by atoms with E-state index >= 15 is 0 Å². The normalized spacial score (nSPS) is 12.7. The van der Waals surface area contributed by atoms with Crippen molar-refractivity contribution in [1.29, 1.82) is 0 Å². The Morgan fingerprint density at radius 3 is 2.39 bits per heavy atom. The predicted octanol–water partition coefficient (Wildman–Crippen LogP) is 3.65. The first-order chi connectivity index (χ1) is 14.6. The van der Waals surface area contributed by atoms with Crippen LogP contribution in [0.15, 0.2) is 36.4 Å². The van der Waals surface area contributed by atoms with Crippen LogP contribution in [-0.4, -0.2) is 48.6 Å². The number of ether oxygens (including phenoxy) is 2. The highest BCUT2D eigenvalue weighted by atomic mass is 35.5. The second-order valence-corrected chi connectivity index (χ2v) is 7.45. The van der Waals surface area contributed by atoms with Gasteiger partial charge >= 0.3 is 5.97 Å². The van der Waals surface area contributed by atoms with Gasteiger partial charge in [0.05, 0.1) is 18.7 Å². The second kappa shape index (κ2) is 11.0. The van der Waals surface area contributed by atoms with E-state index in [-0.39, 0.29) is 18.2 Å². The van der Waals surface area contributed by atoms with E-state index in [2.05, 4.69) is 5.32 Å². The van der Waals surface area contributed by atoms with Crippen molar-refractivity contribution in [3.63, 3.8) is 0 Å². The number of hydrogen-bond acceptors (Lipinski definition) is 5. The number of benzene rings is 2. The van der Waals surface area contributed by atoms with Crippen LogP contribution in [0.4, 0.5) is 4.39 Å². The number of carboxylic acids is 1. The first kappa shape index (κ1) is 24.4. The van der Waals surface area contributed by atoms with Gasteiger partial charge in [-0.05, 0) is 55.8 Å². The topological polar surface area (TPSA) is 88.1 Å². The Morgan fingerprint density at radius 1 is 1.19 bits per heavy atom. The van der Waals surface area contributed by atoms with Gasteiger partial charge in [-0.25, -0.2) is 9.18 Å². The molecule has 1 amide bonds. The molecular weight excluding hydrogens is 427 g/mol. The van der Waals surface area contributed by atoms with E-state index in [9.17, 15) is 14.0 Å². The van der Waals surface area contributed by atoms with Crippen molar-refractivity contribution in [2.45, 2.75) is 32.5 Å². The zero-order valence-electron chi connectivity index (χ0n) is 17.8. The first-order valence-corrected chi connectivity index (χ1v) is 9.98. The van der Waals surface area contributed by atoms with Crippen molar-refractivity contribution in [2.24, 2.45) is 0 Å². The Kier molecular flexibility index (Phi) is 8.65. The Balaban J connectivity index is 2.11. The largest absolute Gasteiger partial charge is 0.497 e. The number of nitrogens with one attached hydrogen (secondary N) is 1. The fraction of sp³-hybridized carbons (Fsp3) is 0.364. The van der Waals surface area contributed by atoms with Crippen LogP contribution in [0, 0.1) is 5.82 Å². The predicted molar refractivity (Wildman–Crippen MR) is 115 cm³/mol. The lowest BCUT2D eigenvalue weighted by molar-refractivity contribution is -0.147. The van der Waals surface area contributed by atoms with Crippen LogP contribution in [0.25, 0.3) is 0 Å².